The molecule has 0 aliphatic heterocycles. The lowest BCUT2D eigenvalue weighted by atomic mass is 9.70. The number of nitrogens with one attached hydrogen (secondary N) is 2. The number of ether oxygens (including phenoxy) is 2. The van der Waals surface area contributed by atoms with Crippen LogP contribution in [0.4, 0.5) is 26.7 Å². The van der Waals surface area contributed by atoms with Crippen LogP contribution in [0.2, 0.25) is 0 Å². The average molecular weight is 527 g/mol. The third kappa shape index (κ3) is 8.06. The first kappa shape index (κ1) is 29.3. The highest BCUT2D eigenvalue weighted by Crippen LogP contribution is 2.39. The zero-order valence-electron chi connectivity index (χ0n) is 20.0. The Morgan fingerprint density at radius 3 is 2.57 bits per heavy atom. The van der Waals surface area contributed by atoms with Gasteiger partial charge in [0.05, 0.1) is 19.0 Å². The number of hydrogen-bond donors (Lipinski definition) is 2. The smallest absolute Gasteiger partial charge is 0.427 e. The fraction of sp³-hybridized carbons (Fsp3) is 0.308. The summed E-state index contributed by atoms with van der Waals surface area (Å²) in [4.78, 5) is 23.3. The molecule has 1 aliphatic rings. The van der Waals surface area contributed by atoms with Gasteiger partial charge in [-0.3, -0.25) is 4.79 Å². The fourth-order valence-corrected chi connectivity index (χ4v) is 3.93. The van der Waals surface area contributed by atoms with Gasteiger partial charge in [0.25, 0.3) is 0 Å². The van der Waals surface area contributed by atoms with Crippen molar-refractivity contribution in [3.8, 4) is 0 Å². The first-order chi connectivity index (χ1) is 17.6. The number of allylic oxidation sites excluding steroid dienone is 3. The molecular weight excluding hydrogens is 499 g/mol. The van der Waals surface area contributed by atoms with E-state index < -0.39 is 41.9 Å². The van der Waals surface area contributed by atoms with Gasteiger partial charge in [-0.2, -0.15) is 8.78 Å². The Hall–Kier alpha value is -3.89. The molecule has 0 aromatic heterocycles. The lowest BCUT2D eigenvalue weighted by Gasteiger charge is -2.42. The fourth-order valence-electron chi connectivity index (χ4n) is 3.93. The summed E-state index contributed by atoms with van der Waals surface area (Å²) < 4.78 is 76.3. The van der Waals surface area contributed by atoms with Crippen molar-refractivity contribution in [3.05, 3.63) is 95.8 Å². The van der Waals surface area contributed by atoms with Gasteiger partial charge >= 0.3 is 12.2 Å². The van der Waals surface area contributed by atoms with E-state index in [1.54, 1.807) is 30.3 Å². The molecule has 0 bridgehead atoms. The highest BCUT2D eigenvalue weighted by Gasteiger charge is 2.42. The normalized spacial score (nSPS) is 17.8. The molecule has 2 atom stereocenters. The van der Waals surface area contributed by atoms with E-state index in [-0.39, 0.29) is 36.9 Å². The molecule has 37 heavy (non-hydrogen) atoms. The van der Waals surface area contributed by atoms with Gasteiger partial charge in [0.1, 0.15) is 11.6 Å². The third-order valence-electron chi connectivity index (χ3n) is 5.73. The molecule has 0 saturated carbocycles. The Balaban J connectivity index is 2.56. The number of benzene rings is 1. The van der Waals surface area contributed by atoms with Crippen LogP contribution in [0.3, 0.4) is 0 Å². The van der Waals surface area contributed by atoms with Crippen LogP contribution >= 0.6 is 0 Å². The monoisotopic (exact) mass is 526 g/mol. The number of carbonyl (C=O) groups is 2. The molecule has 1 aliphatic carbocycles. The van der Waals surface area contributed by atoms with Crippen molar-refractivity contribution in [1.82, 2.24) is 10.6 Å². The molecule has 0 radical (unpaired) electrons. The summed E-state index contributed by atoms with van der Waals surface area (Å²) in [5, 5.41) is 5.07. The van der Waals surface area contributed by atoms with E-state index in [1.165, 1.54) is 6.08 Å². The summed E-state index contributed by atoms with van der Waals surface area (Å²) in [5.41, 5.74) is -0.602. The van der Waals surface area contributed by atoms with Crippen molar-refractivity contribution >= 4 is 12.5 Å². The number of rotatable bonds is 13. The molecule has 6 nitrogen and oxygen atoms in total. The molecule has 200 valence electrons. The molecule has 0 heterocycles. The molecule has 1 unspecified atom stereocenters. The second-order valence-corrected chi connectivity index (χ2v) is 8.10. The Labute approximate surface area is 211 Å². The second kappa shape index (κ2) is 13.4. The van der Waals surface area contributed by atoms with Crippen LogP contribution in [0.5, 0.6) is 0 Å². The SMILES string of the molecule is C=C(/C=C(\C=C\F)OC(F)(F)CF)[C@](Cc1ccccc1)(NC=O)C1C=CC(F)=C(CNC(=O)OC)C1. The quantitative estimate of drug-likeness (QED) is 0.157. The zero-order chi connectivity index (χ0) is 27.5. The molecule has 2 N–H and O–H groups in total. The Bertz CT molecular complexity index is 1090. The number of amides is 2. The topological polar surface area (TPSA) is 76.7 Å². The number of halogens is 5. The maximum Gasteiger partial charge on any atom is 0.427 e. The average Bonchev–Trinajstić information content (AvgIpc) is 2.88. The van der Waals surface area contributed by atoms with Gasteiger partial charge in [-0.1, -0.05) is 43.0 Å². The molecule has 11 heteroatoms. The maximum absolute atomic E-state index is 14.6. The molecule has 0 fully saturated rings. The number of alkyl carbamates (subject to hydrolysis) is 1. The molecule has 2 amide bonds. The minimum atomic E-state index is -4.24. The predicted octanol–water partition coefficient (Wildman–Crippen LogP) is 5.37. The van der Waals surface area contributed by atoms with E-state index in [2.05, 4.69) is 26.7 Å². The Morgan fingerprint density at radius 1 is 1.27 bits per heavy atom. The van der Waals surface area contributed by atoms with Crippen LogP contribution in [0, 0.1) is 5.92 Å². The number of carbonyl (C=O) groups excluding carboxylic acids is 2. The van der Waals surface area contributed by atoms with Crippen molar-refractivity contribution in [2.24, 2.45) is 5.92 Å². The molecule has 1 aromatic rings. The van der Waals surface area contributed by atoms with Crippen molar-refractivity contribution < 1.29 is 41.0 Å². The van der Waals surface area contributed by atoms with E-state index in [9.17, 15) is 31.5 Å². The third-order valence-corrected chi connectivity index (χ3v) is 5.73. The van der Waals surface area contributed by atoms with Gasteiger partial charge in [-0.05, 0) is 35.3 Å². The lowest BCUT2D eigenvalue weighted by molar-refractivity contribution is -0.219. The van der Waals surface area contributed by atoms with E-state index in [4.69, 9.17) is 0 Å². The largest absolute Gasteiger partial charge is 0.453 e. The highest BCUT2D eigenvalue weighted by atomic mass is 19.3. The first-order valence-electron chi connectivity index (χ1n) is 11.0. The number of hydrogen-bond acceptors (Lipinski definition) is 4. The van der Waals surface area contributed by atoms with Crippen molar-refractivity contribution in [2.45, 2.75) is 24.5 Å². The van der Waals surface area contributed by atoms with Crippen LogP contribution in [0.15, 0.2) is 90.3 Å². The molecule has 0 spiro atoms. The predicted molar refractivity (Wildman–Crippen MR) is 127 cm³/mol. The summed E-state index contributed by atoms with van der Waals surface area (Å²) in [6, 6.07) is 8.74. The number of alkyl halides is 3. The summed E-state index contributed by atoms with van der Waals surface area (Å²) in [7, 11) is 1.15. The van der Waals surface area contributed by atoms with Crippen LogP contribution in [-0.2, 0) is 20.7 Å². The van der Waals surface area contributed by atoms with Gasteiger partial charge in [0.15, 0.2) is 6.67 Å². The zero-order valence-corrected chi connectivity index (χ0v) is 20.0. The van der Waals surface area contributed by atoms with E-state index in [0.717, 1.165) is 19.3 Å². The van der Waals surface area contributed by atoms with E-state index in [1.807, 2.05) is 0 Å². The first-order valence-corrected chi connectivity index (χ1v) is 11.0. The van der Waals surface area contributed by atoms with Crippen LogP contribution in [0.1, 0.15) is 12.0 Å². The van der Waals surface area contributed by atoms with Crippen molar-refractivity contribution in [1.29, 1.82) is 0 Å². The van der Waals surface area contributed by atoms with Crippen molar-refractivity contribution in [2.75, 3.05) is 20.3 Å². The minimum Gasteiger partial charge on any atom is -0.453 e. The summed E-state index contributed by atoms with van der Waals surface area (Å²) >= 11 is 0. The lowest BCUT2D eigenvalue weighted by Crippen LogP contribution is -2.54. The van der Waals surface area contributed by atoms with Crippen LogP contribution in [0.25, 0.3) is 0 Å². The van der Waals surface area contributed by atoms with Crippen LogP contribution in [-0.4, -0.2) is 44.5 Å². The molecule has 2 rings (SSSR count). The Morgan fingerprint density at radius 2 is 1.97 bits per heavy atom. The molecule has 1 aromatic carbocycles. The van der Waals surface area contributed by atoms with Gasteiger partial charge in [0, 0.05) is 25.0 Å². The summed E-state index contributed by atoms with van der Waals surface area (Å²) in [5.74, 6) is -2.08. The molecular formula is C26H27F5N2O4. The summed E-state index contributed by atoms with van der Waals surface area (Å²) in [6.07, 6.45) is -0.570. The standard InChI is InChI=1S/C26H27F5N2O4/c1-18(12-22(10-11-27)37-26(30,31)16-28)25(33-17-34,14-19-6-4-3-5-7-19)21-8-9-23(29)20(13-21)15-32-24(35)36-2/h3-12,17,21H,1,13-16H2,2H3,(H,32,35)(H,33,34)/b11-10+,22-12+/t21?,25-/m0/s1. The van der Waals surface area contributed by atoms with Crippen molar-refractivity contribution in [3.63, 3.8) is 0 Å². The maximum atomic E-state index is 14.6. The van der Waals surface area contributed by atoms with Gasteiger partial charge in [-0.15, -0.1) is 0 Å². The van der Waals surface area contributed by atoms with Gasteiger partial charge in [0.2, 0.25) is 6.41 Å². The second-order valence-electron chi connectivity index (χ2n) is 8.10. The highest BCUT2D eigenvalue weighted by molar-refractivity contribution is 5.67. The Kier molecular flexibility index (Phi) is 10.6. The minimum absolute atomic E-state index is 0.0107. The van der Waals surface area contributed by atoms with Crippen LogP contribution < -0.4 is 10.6 Å². The number of methoxy groups -OCH3 is 1. The van der Waals surface area contributed by atoms with Gasteiger partial charge < -0.3 is 20.1 Å². The van der Waals surface area contributed by atoms with Gasteiger partial charge in [-0.25, -0.2) is 18.0 Å². The summed E-state index contributed by atoms with van der Waals surface area (Å²) in [6.45, 7) is 1.56. The van der Waals surface area contributed by atoms with E-state index >= 15 is 0 Å². The molecule has 0 saturated heterocycles. The van der Waals surface area contributed by atoms with E-state index in [0.29, 0.717) is 18.0 Å².